The van der Waals surface area contributed by atoms with Crippen LogP contribution in [0.15, 0.2) is 60.9 Å². The quantitative estimate of drug-likeness (QED) is 0.787. The van der Waals surface area contributed by atoms with Gasteiger partial charge in [0.2, 0.25) is 0 Å². The molecule has 0 aliphatic carbocycles. The Bertz CT molecular complexity index is 911. The van der Waals surface area contributed by atoms with Crippen LogP contribution in [0.5, 0.6) is 0 Å². The number of pyridine rings is 1. The first-order valence-electron chi connectivity index (χ1n) is 8.60. The average Bonchev–Trinajstić information content (AvgIpc) is 3.03. The Morgan fingerprint density at radius 1 is 1.12 bits per heavy atom. The van der Waals surface area contributed by atoms with E-state index in [9.17, 15) is 4.79 Å². The molecule has 0 spiro atoms. The van der Waals surface area contributed by atoms with Crippen LogP contribution >= 0.6 is 0 Å². The van der Waals surface area contributed by atoms with Crippen LogP contribution in [0.1, 0.15) is 28.5 Å². The molecule has 4 rings (SSSR count). The highest BCUT2D eigenvalue weighted by atomic mass is 16.2. The first-order chi connectivity index (χ1) is 12.7. The molecule has 1 amide bonds. The number of carbonyl (C=O) groups is 1. The Morgan fingerprint density at radius 3 is 2.69 bits per heavy atom. The standard InChI is InChI=1S/C20H19N5O/c1-14-12-16-4-2-3-5-18(16)25(14)20(26)17-6-7-19(24-23-17)22-13-15-8-10-21-11-9-15/h2-11,14H,12-13H2,1H3,(H,22,24). The lowest BCUT2D eigenvalue weighted by Gasteiger charge is -2.22. The van der Waals surface area contributed by atoms with E-state index in [1.165, 1.54) is 5.56 Å². The van der Waals surface area contributed by atoms with Crippen LogP contribution in [0.2, 0.25) is 0 Å². The van der Waals surface area contributed by atoms with Crippen molar-refractivity contribution in [2.45, 2.75) is 25.9 Å². The number of nitrogens with zero attached hydrogens (tertiary/aromatic N) is 4. The van der Waals surface area contributed by atoms with Crippen molar-refractivity contribution in [2.24, 2.45) is 0 Å². The van der Waals surface area contributed by atoms with Gasteiger partial charge in [0.25, 0.3) is 5.91 Å². The predicted octanol–water partition coefficient (Wildman–Crippen LogP) is 3.08. The minimum absolute atomic E-state index is 0.115. The van der Waals surface area contributed by atoms with Gasteiger partial charge in [0.05, 0.1) is 0 Å². The Labute approximate surface area is 151 Å². The molecule has 6 nitrogen and oxygen atoms in total. The molecule has 0 radical (unpaired) electrons. The number of hydrogen-bond donors (Lipinski definition) is 1. The number of rotatable bonds is 4. The Kier molecular flexibility index (Phi) is 4.31. The van der Waals surface area contributed by atoms with Crippen molar-refractivity contribution in [3.8, 4) is 0 Å². The molecule has 2 aromatic heterocycles. The molecule has 3 aromatic rings. The highest BCUT2D eigenvalue weighted by Crippen LogP contribution is 2.32. The van der Waals surface area contributed by atoms with E-state index >= 15 is 0 Å². The van der Waals surface area contributed by atoms with Gasteiger partial charge in [-0.3, -0.25) is 9.78 Å². The Hall–Kier alpha value is -3.28. The largest absolute Gasteiger partial charge is 0.365 e. The lowest BCUT2D eigenvalue weighted by molar-refractivity contribution is 0.0975. The number of carbonyl (C=O) groups excluding carboxylic acids is 1. The minimum Gasteiger partial charge on any atom is -0.365 e. The summed E-state index contributed by atoms with van der Waals surface area (Å²) in [7, 11) is 0. The second kappa shape index (κ2) is 6.92. The summed E-state index contributed by atoms with van der Waals surface area (Å²) in [6.07, 6.45) is 4.36. The molecular formula is C20H19N5O. The number of anilines is 2. The molecule has 3 heterocycles. The van der Waals surface area contributed by atoms with Crippen molar-refractivity contribution < 1.29 is 4.79 Å². The third-order valence-corrected chi connectivity index (χ3v) is 4.53. The zero-order chi connectivity index (χ0) is 17.9. The summed E-state index contributed by atoms with van der Waals surface area (Å²) in [5, 5.41) is 11.5. The molecule has 0 fully saturated rings. The molecule has 1 aliphatic rings. The zero-order valence-electron chi connectivity index (χ0n) is 14.5. The van der Waals surface area contributed by atoms with Crippen molar-refractivity contribution in [3.05, 3.63) is 77.7 Å². The zero-order valence-corrected chi connectivity index (χ0v) is 14.5. The van der Waals surface area contributed by atoms with Crippen molar-refractivity contribution in [1.29, 1.82) is 0 Å². The van der Waals surface area contributed by atoms with E-state index < -0.39 is 0 Å². The van der Waals surface area contributed by atoms with E-state index in [2.05, 4.69) is 33.5 Å². The molecular weight excluding hydrogens is 326 g/mol. The van der Waals surface area contributed by atoms with Crippen molar-refractivity contribution >= 4 is 17.4 Å². The topological polar surface area (TPSA) is 71.0 Å². The van der Waals surface area contributed by atoms with Gasteiger partial charge in [-0.2, -0.15) is 0 Å². The van der Waals surface area contributed by atoms with Crippen LogP contribution < -0.4 is 10.2 Å². The molecule has 1 aromatic carbocycles. The van der Waals surface area contributed by atoms with E-state index in [4.69, 9.17) is 0 Å². The summed E-state index contributed by atoms with van der Waals surface area (Å²) >= 11 is 0. The maximum absolute atomic E-state index is 12.9. The van der Waals surface area contributed by atoms with Gasteiger partial charge in [0.15, 0.2) is 5.69 Å². The van der Waals surface area contributed by atoms with Gasteiger partial charge >= 0.3 is 0 Å². The number of nitrogens with one attached hydrogen (secondary N) is 1. The maximum Gasteiger partial charge on any atom is 0.279 e. The fraction of sp³-hybridized carbons (Fsp3) is 0.200. The molecule has 1 N–H and O–H groups in total. The van der Waals surface area contributed by atoms with Gasteiger partial charge in [-0.25, -0.2) is 0 Å². The summed E-state index contributed by atoms with van der Waals surface area (Å²) in [6.45, 7) is 2.68. The number of amides is 1. The number of benzene rings is 1. The van der Waals surface area contributed by atoms with Crippen molar-refractivity contribution in [2.75, 3.05) is 10.2 Å². The van der Waals surface area contributed by atoms with Gasteiger partial charge in [-0.15, -0.1) is 10.2 Å². The van der Waals surface area contributed by atoms with Crippen LogP contribution in [0.4, 0.5) is 11.5 Å². The molecule has 0 bridgehead atoms. The van der Waals surface area contributed by atoms with E-state index in [1.54, 1.807) is 24.5 Å². The second-order valence-corrected chi connectivity index (χ2v) is 6.37. The number of fused-ring (bicyclic) bond motifs is 1. The van der Waals surface area contributed by atoms with Crippen molar-refractivity contribution in [1.82, 2.24) is 15.2 Å². The highest BCUT2D eigenvalue weighted by molar-refractivity contribution is 6.06. The predicted molar refractivity (Wildman–Crippen MR) is 100 cm³/mol. The van der Waals surface area contributed by atoms with Crippen LogP contribution in [0.3, 0.4) is 0 Å². The highest BCUT2D eigenvalue weighted by Gasteiger charge is 2.31. The van der Waals surface area contributed by atoms with Gasteiger partial charge in [0, 0.05) is 30.7 Å². The maximum atomic E-state index is 12.9. The second-order valence-electron chi connectivity index (χ2n) is 6.37. The SMILES string of the molecule is CC1Cc2ccccc2N1C(=O)c1ccc(NCc2ccncc2)nn1. The molecule has 1 unspecified atom stereocenters. The third kappa shape index (κ3) is 3.13. The smallest absolute Gasteiger partial charge is 0.279 e. The van der Waals surface area contributed by atoms with E-state index in [0.29, 0.717) is 18.1 Å². The molecule has 1 aliphatic heterocycles. The van der Waals surface area contributed by atoms with Gasteiger partial charge < -0.3 is 10.2 Å². The van der Waals surface area contributed by atoms with Crippen molar-refractivity contribution in [3.63, 3.8) is 0 Å². The molecule has 0 saturated heterocycles. The van der Waals surface area contributed by atoms with Crippen LogP contribution in [-0.4, -0.2) is 27.1 Å². The van der Waals surface area contributed by atoms with Gasteiger partial charge in [-0.1, -0.05) is 18.2 Å². The first kappa shape index (κ1) is 16.2. The summed E-state index contributed by atoms with van der Waals surface area (Å²) in [4.78, 5) is 18.7. The number of aromatic nitrogens is 3. The van der Waals surface area contributed by atoms with E-state index in [-0.39, 0.29) is 11.9 Å². The summed E-state index contributed by atoms with van der Waals surface area (Å²) in [5.41, 5.74) is 3.61. The van der Waals surface area contributed by atoms with Crippen LogP contribution in [0.25, 0.3) is 0 Å². The lowest BCUT2D eigenvalue weighted by Crippen LogP contribution is -2.36. The monoisotopic (exact) mass is 345 g/mol. The van der Waals surface area contributed by atoms with E-state index in [0.717, 1.165) is 17.7 Å². The average molecular weight is 345 g/mol. The Balaban J connectivity index is 1.47. The van der Waals surface area contributed by atoms with Crippen LogP contribution in [0, 0.1) is 0 Å². The summed E-state index contributed by atoms with van der Waals surface area (Å²) in [5.74, 6) is 0.517. The van der Waals surface area contributed by atoms with E-state index in [1.807, 2.05) is 35.2 Å². The van der Waals surface area contributed by atoms with Crippen LogP contribution in [-0.2, 0) is 13.0 Å². The Morgan fingerprint density at radius 2 is 1.92 bits per heavy atom. The molecule has 6 heteroatoms. The molecule has 26 heavy (non-hydrogen) atoms. The van der Waals surface area contributed by atoms with Gasteiger partial charge in [-0.05, 0) is 54.8 Å². The lowest BCUT2D eigenvalue weighted by atomic mass is 10.1. The molecule has 0 saturated carbocycles. The normalized spacial score (nSPS) is 15.6. The number of hydrogen-bond acceptors (Lipinski definition) is 5. The fourth-order valence-electron chi connectivity index (χ4n) is 3.23. The molecule has 1 atom stereocenters. The number of para-hydroxylation sites is 1. The van der Waals surface area contributed by atoms with Gasteiger partial charge in [0.1, 0.15) is 5.82 Å². The minimum atomic E-state index is -0.115. The fourth-order valence-corrected chi connectivity index (χ4v) is 3.23. The molecule has 130 valence electrons. The summed E-state index contributed by atoms with van der Waals surface area (Å²) < 4.78 is 0. The first-order valence-corrected chi connectivity index (χ1v) is 8.60. The third-order valence-electron chi connectivity index (χ3n) is 4.53. The summed E-state index contributed by atoms with van der Waals surface area (Å²) in [6, 6.07) is 15.5.